The number of nitrogens with zero attached hydrogens (tertiary/aromatic N) is 2. The number of rotatable bonds is 6. The van der Waals surface area contributed by atoms with Crippen LogP contribution in [0.25, 0.3) is 0 Å². The van der Waals surface area contributed by atoms with E-state index in [0.717, 1.165) is 16.8 Å². The Morgan fingerprint density at radius 1 is 1.11 bits per heavy atom. The van der Waals surface area contributed by atoms with E-state index in [9.17, 15) is 9.59 Å². The Morgan fingerprint density at radius 2 is 1.81 bits per heavy atom. The lowest BCUT2D eigenvalue weighted by molar-refractivity contribution is -0.145. The molecular weight excluding hydrogens is 344 g/mol. The lowest BCUT2D eigenvalue weighted by atomic mass is 9.98. The van der Waals surface area contributed by atoms with E-state index < -0.39 is 5.97 Å². The van der Waals surface area contributed by atoms with Crippen molar-refractivity contribution in [3.05, 3.63) is 65.7 Å². The molecule has 0 N–H and O–H groups in total. The fraction of sp³-hybridized carbons (Fsp3) is 0.286. The van der Waals surface area contributed by atoms with Crippen LogP contribution in [0.1, 0.15) is 37.4 Å². The van der Waals surface area contributed by atoms with Gasteiger partial charge in [0.15, 0.2) is 6.61 Å². The molecule has 1 amide bonds. The zero-order valence-corrected chi connectivity index (χ0v) is 15.4. The second-order valence-electron chi connectivity index (χ2n) is 6.13. The van der Waals surface area contributed by atoms with Crippen LogP contribution in [0, 0.1) is 0 Å². The molecule has 1 aliphatic heterocycles. The SMILES string of the molecule is CCOC(=O)COc1ccccc1C1=NN(C(C)=O)[C@@H](c2ccccc2)C1. The number of benzene rings is 2. The van der Waals surface area contributed by atoms with Crippen molar-refractivity contribution in [2.75, 3.05) is 13.2 Å². The van der Waals surface area contributed by atoms with Gasteiger partial charge in [0.25, 0.3) is 0 Å². The fourth-order valence-electron chi connectivity index (χ4n) is 3.07. The van der Waals surface area contributed by atoms with E-state index in [1.807, 2.05) is 48.5 Å². The smallest absolute Gasteiger partial charge is 0.344 e. The number of esters is 1. The summed E-state index contributed by atoms with van der Waals surface area (Å²) in [6, 6.07) is 17.0. The molecule has 6 heteroatoms. The minimum atomic E-state index is -0.423. The molecule has 1 atom stereocenters. The second-order valence-corrected chi connectivity index (χ2v) is 6.13. The molecule has 0 saturated carbocycles. The van der Waals surface area contributed by atoms with Gasteiger partial charge in [-0.05, 0) is 24.6 Å². The van der Waals surface area contributed by atoms with Gasteiger partial charge in [-0.15, -0.1) is 0 Å². The molecule has 0 spiro atoms. The number of hydrogen-bond donors (Lipinski definition) is 0. The van der Waals surface area contributed by atoms with E-state index in [2.05, 4.69) is 5.10 Å². The molecule has 0 bridgehead atoms. The average molecular weight is 366 g/mol. The first-order chi connectivity index (χ1) is 13.1. The van der Waals surface area contributed by atoms with Gasteiger partial charge in [0.05, 0.1) is 18.4 Å². The van der Waals surface area contributed by atoms with E-state index in [0.29, 0.717) is 18.8 Å². The fourth-order valence-corrected chi connectivity index (χ4v) is 3.07. The summed E-state index contributed by atoms with van der Waals surface area (Å²) < 4.78 is 10.5. The van der Waals surface area contributed by atoms with E-state index in [1.54, 1.807) is 13.0 Å². The molecule has 0 aromatic heterocycles. The molecular formula is C21H22N2O4. The molecule has 0 radical (unpaired) electrons. The second kappa shape index (κ2) is 8.49. The topological polar surface area (TPSA) is 68.2 Å². The molecule has 0 saturated heterocycles. The molecule has 2 aromatic rings. The predicted octanol–water partition coefficient (Wildman–Crippen LogP) is 3.33. The van der Waals surface area contributed by atoms with Gasteiger partial charge in [0.2, 0.25) is 5.91 Å². The molecule has 2 aromatic carbocycles. The lowest BCUT2D eigenvalue weighted by Crippen LogP contribution is -2.24. The largest absolute Gasteiger partial charge is 0.481 e. The lowest BCUT2D eigenvalue weighted by Gasteiger charge is -2.20. The van der Waals surface area contributed by atoms with Crippen LogP contribution in [0.5, 0.6) is 5.75 Å². The van der Waals surface area contributed by atoms with Crippen molar-refractivity contribution in [1.82, 2.24) is 5.01 Å². The summed E-state index contributed by atoms with van der Waals surface area (Å²) >= 11 is 0. The van der Waals surface area contributed by atoms with Gasteiger partial charge in [0, 0.05) is 18.9 Å². The van der Waals surface area contributed by atoms with Crippen LogP contribution >= 0.6 is 0 Å². The number of ether oxygens (including phenoxy) is 2. The Hall–Kier alpha value is -3.15. The normalized spacial score (nSPS) is 16.0. The summed E-state index contributed by atoms with van der Waals surface area (Å²) in [5, 5.41) is 6.05. The van der Waals surface area contributed by atoms with Crippen LogP contribution in [0.15, 0.2) is 59.7 Å². The van der Waals surface area contributed by atoms with Gasteiger partial charge >= 0.3 is 5.97 Å². The van der Waals surface area contributed by atoms with E-state index in [4.69, 9.17) is 9.47 Å². The maximum Gasteiger partial charge on any atom is 0.344 e. The highest BCUT2D eigenvalue weighted by Gasteiger charge is 2.32. The van der Waals surface area contributed by atoms with Crippen molar-refractivity contribution >= 4 is 17.6 Å². The third kappa shape index (κ3) is 4.34. The molecule has 0 unspecified atom stereocenters. The third-order valence-corrected chi connectivity index (χ3v) is 4.27. The molecule has 0 aliphatic carbocycles. The summed E-state index contributed by atoms with van der Waals surface area (Å²) in [6.07, 6.45) is 0.573. The third-order valence-electron chi connectivity index (χ3n) is 4.27. The van der Waals surface area contributed by atoms with Gasteiger partial charge in [-0.25, -0.2) is 9.80 Å². The molecule has 1 aliphatic rings. The first kappa shape index (κ1) is 18.6. The number of carbonyl (C=O) groups excluding carboxylic acids is 2. The standard InChI is InChI=1S/C21H22N2O4/c1-3-26-21(25)14-27-20-12-8-7-11-17(20)18-13-19(23(22-18)15(2)24)16-9-5-4-6-10-16/h4-12,19H,3,13-14H2,1-2H3/t19-/m1/s1. The summed E-state index contributed by atoms with van der Waals surface area (Å²) in [7, 11) is 0. The minimum Gasteiger partial charge on any atom is -0.481 e. The Bertz CT molecular complexity index is 848. The van der Waals surface area contributed by atoms with E-state index >= 15 is 0 Å². The Morgan fingerprint density at radius 3 is 2.52 bits per heavy atom. The van der Waals surface area contributed by atoms with Crippen LogP contribution in [-0.2, 0) is 14.3 Å². The number of para-hydroxylation sites is 1. The number of hydrogen-bond acceptors (Lipinski definition) is 5. The van der Waals surface area contributed by atoms with Gasteiger partial charge in [-0.3, -0.25) is 4.79 Å². The number of hydrazone groups is 1. The van der Waals surface area contributed by atoms with Crippen LogP contribution in [0.4, 0.5) is 0 Å². The van der Waals surface area contributed by atoms with Crippen LogP contribution in [0.3, 0.4) is 0 Å². The van der Waals surface area contributed by atoms with Gasteiger partial charge in [-0.1, -0.05) is 42.5 Å². The molecule has 3 rings (SSSR count). The first-order valence-corrected chi connectivity index (χ1v) is 8.90. The van der Waals surface area contributed by atoms with Gasteiger partial charge in [-0.2, -0.15) is 5.10 Å². The molecule has 6 nitrogen and oxygen atoms in total. The first-order valence-electron chi connectivity index (χ1n) is 8.90. The Labute approximate surface area is 158 Å². The predicted molar refractivity (Wildman–Crippen MR) is 101 cm³/mol. The van der Waals surface area contributed by atoms with E-state index in [1.165, 1.54) is 11.9 Å². The quantitative estimate of drug-likeness (QED) is 0.736. The van der Waals surface area contributed by atoms with Gasteiger partial charge < -0.3 is 9.47 Å². The van der Waals surface area contributed by atoms with Crippen molar-refractivity contribution in [2.24, 2.45) is 5.10 Å². The van der Waals surface area contributed by atoms with Crippen molar-refractivity contribution in [1.29, 1.82) is 0 Å². The highest BCUT2D eigenvalue weighted by Crippen LogP contribution is 2.34. The maximum absolute atomic E-state index is 12.1. The summed E-state index contributed by atoms with van der Waals surface area (Å²) in [5.41, 5.74) is 2.54. The summed E-state index contributed by atoms with van der Waals surface area (Å²) in [6.45, 7) is 3.39. The number of amides is 1. The maximum atomic E-state index is 12.1. The highest BCUT2D eigenvalue weighted by molar-refractivity contribution is 6.05. The van der Waals surface area contributed by atoms with Gasteiger partial charge in [0.1, 0.15) is 5.75 Å². The Kier molecular flexibility index (Phi) is 5.86. The molecule has 27 heavy (non-hydrogen) atoms. The van der Waals surface area contributed by atoms with E-state index in [-0.39, 0.29) is 18.6 Å². The van der Waals surface area contributed by atoms with Crippen LogP contribution < -0.4 is 4.74 Å². The van der Waals surface area contributed by atoms with Crippen molar-refractivity contribution in [2.45, 2.75) is 26.3 Å². The van der Waals surface area contributed by atoms with Crippen molar-refractivity contribution < 1.29 is 19.1 Å². The monoisotopic (exact) mass is 366 g/mol. The van der Waals surface area contributed by atoms with Crippen molar-refractivity contribution in [3.63, 3.8) is 0 Å². The average Bonchev–Trinajstić information content (AvgIpc) is 3.13. The highest BCUT2D eigenvalue weighted by atomic mass is 16.6. The Balaban J connectivity index is 1.85. The molecule has 140 valence electrons. The molecule has 0 fully saturated rings. The summed E-state index contributed by atoms with van der Waals surface area (Å²) in [5.74, 6) is -0.00141. The molecule has 1 heterocycles. The zero-order valence-electron chi connectivity index (χ0n) is 15.4. The van der Waals surface area contributed by atoms with Crippen LogP contribution in [-0.4, -0.2) is 35.8 Å². The zero-order chi connectivity index (χ0) is 19.2. The van der Waals surface area contributed by atoms with Crippen LogP contribution in [0.2, 0.25) is 0 Å². The number of carbonyl (C=O) groups is 2. The minimum absolute atomic E-state index is 0.122. The summed E-state index contributed by atoms with van der Waals surface area (Å²) in [4.78, 5) is 23.7. The van der Waals surface area contributed by atoms with Crippen molar-refractivity contribution in [3.8, 4) is 5.75 Å².